The fourth-order valence-corrected chi connectivity index (χ4v) is 6.68. The van der Waals surface area contributed by atoms with Crippen LogP contribution in [0.25, 0.3) is 44.5 Å². The van der Waals surface area contributed by atoms with Gasteiger partial charge in [0.25, 0.3) is 0 Å². The molecule has 0 aliphatic carbocycles. The van der Waals surface area contributed by atoms with Crippen molar-refractivity contribution >= 4 is 0 Å². The molecule has 46 heavy (non-hydrogen) atoms. The Morgan fingerprint density at radius 2 is 0.957 bits per heavy atom. The quantitative estimate of drug-likeness (QED) is 0.170. The Balaban J connectivity index is 1.43. The van der Waals surface area contributed by atoms with Gasteiger partial charge in [0.1, 0.15) is 11.6 Å². The third kappa shape index (κ3) is 6.30. The van der Waals surface area contributed by atoms with Gasteiger partial charge in [-0.2, -0.15) is 0 Å². The minimum absolute atomic E-state index is 0.225. The Hall–Kier alpha value is -4.82. The molecule has 0 spiro atoms. The fraction of sp³-hybridized carbons (Fsp3) is 0.182. The van der Waals surface area contributed by atoms with Crippen LogP contribution in [0, 0.1) is 11.6 Å². The molecule has 0 unspecified atom stereocenters. The summed E-state index contributed by atoms with van der Waals surface area (Å²) < 4.78 is 30.7. The van der Waals surface area contributed by atoms with E-state index in [1.54, 1.807) is 18.2 Å². The van der Waals surface area contributed by atoms with Crippen LogP contribution in [0.4, 0.5) is 8.78 Å². The molecule has 0 N–H and O–H groups in total. The van der Waals surface area contributed by atoms with E-state index in [0.717, 1.165) is 56.5 Å². The van der Waals surface area contributed by atoms with Gasteiger partial charge in [0, 0.05) is 5.56 Å². The smallest absolute Gasteiger partial charge is 0.131 e. The van der Waals surface area contributed by atoms with Crippen molar-refractivity contribution in [1.29, 1.82) is 0 Å². The molecule has 6 rings (SSSR count). The van der Waals surface area contributed by atoms with Crippen molar-refractivity contribution in [2.75, 3.05) is 0 Å². The van der Waals surface area contributed by atoms with Crippen molar-refractivity contribution in [3.05, 3.63) is 168 Å². The molecule has 0 nitrogen and oxygen atoms in total. The summed E-state index contributed by atoms with van der Waals surface area (Å²) in [4.78, 5) is 0. The SMILES string of the molecule is CC(C)(C)c1cc(F)cc(-c2ccccc2)c1-c1ccc(CC(C)(C)c2ccc(F)c(-c3ccccc3)c2-c2ccccc2)cc1. The predicted octanol–water partition coefficient (Wildman–Crippen LogP) is 12.5. The predicted molar refractivity (Wildman–Crippen MR) is 190 cm³/mol. The summed E-state index contributed by atoms with van der Waals surface area (Å²) in [5, 5.41) is 0. The molecule has 230 valence electrons. The molecule has 0 amide bonds. The van der Waals surface area contributed by atoms with Crippen molar-refractivity contribution < 1.29 is 8.78 Å². The van der Waals surface area contributed by atoms with Crippen LogP contribution in [0.15, 0.2) is 140 Å². The van der Waals surface area contributed by atoms with Crippen molar-refractivity contribution in [1.82, 2.24) is 0 Å². The maximum atomic E-state index is 15.7. The van der Waals surface area contributed by atoms with Crippen molar-refractivity contribution in [3.8, 4) is 44.5 Å². The van der Waals surface area contributed by atoms with Gasteiger partial charge in [-0.05, 0) is 91.1 Å². The Morgan fingerprint density at radius 1 is 0.457 bits per heavy atom. The normalized spacial score (nSPS) is 11.9. The Bertz CT molecular complexity index is 1950. The van der Waals surface area contributed by atoms with Gasteiger partial charge in [0.2, 0.25) is 0 Å². The first-order valence-corrected chi connectivity index (χ1v) is 16.0. The van der Waals surface area contributed by atoms with Crippen molar-refractivity contribution in [3.63, 3.8) is 0 Å². The summed E-state index contributed by atoms with van der Waals surface area (Å²) >= 11 is 0. The maximum absolute atomic E-state index is 15.7. The molecule has 0 saturated heterocycles. The number of halogens is 2. The van der Waals surface area contributed by atoms with Gasteiger partial charge in [-0.1, -0.05) is 156 Å². The molecular formula is C44H40F2. The summed E-state index contributed by atoms with van der Waals surface area (Å²) in [7, 11) is 0. The lowest BCUT2D eigenvalue weighted by Gasteiger charge is -2.30. The van der Waals surface area contributed by atoms with Gasteiger partial charge < -0.3 is 0 Å². The highest BCUT2D eigenvalue weighted by Gasteiger charge is 2.29. The molecule has 0 radical (unpaired) electrons. The van der Waals surface area contributed by atoms with Gasteiger partial charge in [-0.3, -0.25) is 0 Å². The Morgan fingerprint density at radius 3 is 1.50 bits per heavy atom. The van der Waals surface area contributed by atoms with E-state index in [4.69, 9.17) is 0 Å². The van der Waals surface area contributed by atoms with E-state index in [-0.39, 0.29) is 22.5 Å². The van der Waals surface area contributed by atoms with E-state index in [1.165, 1.54) is 5.56 Å². The highest BCUT2D eigenvalue weighted by molar-refractivity contribution is 5.88. The fourth-order valence-electron chi connectivity index (χ4n) is 6.68. The minimum atomic E-state index is -0.314. The zero-order valence-electron chi connectivity index (χ0n) is 27.2. The van der Waals surface area contributed by atoms with E-state index in [1.807, 2.05) is 84.9 Å². The third-order valence-corrected chi connectivity index (χ3v) is 8.89. The number of benzene rings is 6. The second kappa shape index (κ2) is 12.5. The van der Waals surface area contributed by atoms with E-state index in [0.29, 0.717) is 5.56 Å². The average molecular weight is 607 g/mol. The van der Waals surface area contributed by atoms with Crippen LogP contribution in [0.5, 0.6) is 0 Å². The lowest BCUT2D eigenvalue weighted by atomic mass is 9.74. The molecule has 0 aliphatic heterocycles. The highest BCUT2D eigenvalue weighted by atomic mass is 19.1. The van der Waals surface area contributed by atoms with Crippen molar-refractivity contribution in [2.45, 2.75) is 51.9 Å². The van der Waals surface area contributed by atoms with Gasteiger partial charge in [0.15, 0.2) is 0 Å². The third-order valence-electron chi connectivity index (χ3n) is 8.89. The van der Waals surface area contributed by atoms with Gasteiger partial charge in [-0.25, -0.2) is 8.78 Å². The van der Waals surface area contributed by atoms with E-state index < -0.39 is 0 Å². The lowest BCUT2D eigenvalue weighted by molar-refractivity contribution is 0.522. The summed E-state index contributed by atoms with van der Waals surface area (Å²) in [6.07, 6.45) is 0.758. The zero-order valence-corrected chi connectivity index (χ0v) is 27.2. The topological polar surface area (TPSA) is 0 Å². The monoisotopic (exact) mass is 606 g/mol. The Kier molecular flexibility index (Phi) is 8.49. The molecule has 0 aliphatic rings. The van der Waals surface area contributed by atoms with E-state index in [9.17, 15) is 0 Å². The summed E-state index contributed by atoms with van der Waals surface area (Å²) in [5.41, 5.74) is 10.1. The minimum Gasteiger partial charge on any atom is -0.207 e. The van der Waals surface area contributed by atoms with Crippen LogP contribution in [0.3, 0.4) is 0 Å². The molecule has 6 aromatic carbocycles. The number of hydrogen-bond donors (Lipinski definition) is 0. The first-order chi connectivity index (χ1) is 22.0. The van der Waals surface area contributed by atoms with Gasteiger partial charge in [-0.15, -0.1) is 0 Å². The Labute approximate surface area is 272 Å². The summed E-state index contributed by atoms with van der Waals surface area (Å²) in [5.74, 6) is -0.452. The van der Waals surface area contributed by atoms with Crippen molar-refractivity contribution in [2.24, 2.45) is 0 Å². The van der Waals surface area contributed by atoms with Crippen LogP contribution in [-0.2, 0) is 17.3 Å². The largest absolute Gasteiger partial charge is 0.207 e. The van der Waals surface area contributed by atoms with Gasteiger partial charge >= 0.3 is 0 Å². The van der Waals surface area contributed by atoms with E-state index in [2.05, 4.69) is 71.0 Å². The molecule has 0 atom stereocenters. The summed E-state index contributed by atoms with van der Waals surface area (Å²) in [6, 6.07) is 45.6. The molecule has 2 heteroatoms. The first-order valence-electron chi connectivity index (χ1n) is 16.0. The van der Waals surface area contributed by atoms with Gasteiger partial charge in [0.05, 0.1) is 0 Å². The molecule has 0 saturated carbocycles. The molecule has 0 fully saturated rings. The summed E-state index contributed by atoms with van der Waals surface area (Å²) in [6.45, 7) is 10.9. The molecule has 0 heterocycles. The van der Waals surface area contributed by atoms with Crippen LogP contribution in [0.1, 0.15) is 51.3 Å². The van der Waals surface area contributed by atoms with Crippen LogP contribution in [0.2, 0.25) is 0 Å². The first kappa shape index (κ1) is 31.2. The second-order valence-electron chi connectivity index (χ2n) is 13.8. The lowest BCUT2D eigenvalue weighted by Crippen LogP contribution is -2.22. The van der Waals surface area contributed by atoms with Crippen LogP contribution >= 0.6 is 0 Å². The second-order valence-corrected chi connectivity index (χ2v) is 13.8. The zero-order chi connectivity index (χ0) is 32.5. The van der Waals surface area contributed by atoms with Crippen LogP contribution in [-0.4, -0.2) is 0 Å². The maximum Gasteiger partial charge on any atom is 0.131 e. The average Bonchev–Trinajstić information content (AvgIpc) is 3.05. The van der Waals surface area contributed by atoms with E-state index >= 15 is 8.78 Å². The number of hydrogen-bond acceptors (Lipinski definition) is 0. The number of rotatable bonds is 7. The molecule has 6 aromatic rings. The molecular weight excluding hydrogens is 566 g/mol. The highest BCUT2D eigenvalue weighted by Crippen LogP contribution is 2.44. The van der Waals surface area contributed by atoms with Crippen LogP contribution < -0.4 is 0 Å². The molecule has 0 bridgehead atoms. The standard InChI is InChI=1S/C44H40F2/c1-43(2,3)38-28-35(45)27-36(31-15-9-6-10-16-31)40(38)34-23-21-30(22-24-34)29-44(4,5)37-25-26-39(46)42(33-19-13-8-14-20-33)41(37)32-17-11-7-12-18-32/h6-28H,29H2,1-5H3. The molecule has 0 aromatic heterocycles.